The second-order valence-electron chi connectivity index (χ2n) is 5.55. The van der Waals surface area contributed by atoms with E-state index in [1.807, 2.05) is 30.3 Å². The Balaban J connectivity index is 1.64. The zero-order valence-corrected chi connectivity index (χ0v) is 12.2. The molecule has 0 amide bonds. The van der Waals surface area contributed by atoms with Crippen molar-refractivity contribution >= 4 is 0 Å². The smallest absolute Gasteiger partial charge is 0.197 e. The summed E-state index contributed by atoms with van der Waals surface area (Å²) in [6.45, 7) is 1.05. The molecule has 1 aromatic rings. The van der Waals surface area contributed by atoms with E-state index in [1.54, 1.807) is 7.11 Å². The fourth-order valence-electron chi connectivity index (χ4n) is 3.12. The van der Waals surface area contributed by atoms with E-state index in [-0.39, 0.29) is 24.9 Å². The predicted molar refractivity (Wildman–Crippen MR) is 75.7 cm³/mol. The summed E-state index contributed by atoms with van der Waals surface area (Å²) < 4.78 is 23.3. The summed E-state index contributed by atoms with van der Waals surface area (Å²) in [5.74, 6) is -0.805. The average molecular weight is 294 g/mol. The zero-order chi connectivity index (χ0) is 14.7. The van der Waals surface area contributed by atoms with Crippen LogP contribution in [0.3, 0.4) is 0 Å². The van der Waals surface area contributed by atoms with Gasteiger partial charge in [-0.2, -0.15) is 0 Å². The van der Waals surface area contributed by atoms with Crippen molar-refractivity contribution in [3.63, 3.8) is 0 Å². The van der Waals surface area contributed by atoms with Crippen molar-refractivity contribution in [2.75, 3.05) is 20.3 Å². The third kappa shape index (κ3) is 2.98. The Morgan fingerprint density at radius 3 is 2.86 bits per heavy atom. The number of aliphatic hydroxyl groups is 1. The van der Waals surface area contributed by atoms with Crippen LogP contribution in [-0.4, -0.2) is 49.5 Å². The first-order valence-corrected chi connectivity index (χ1v) is 7.38. The summed E-state index contributed by atoms with van der Waals surface area (Å²) in [4.78, 5) is 0. The van der Waals surface area contributed by atoms with Crippen molar-refractivity contribution in [2.24, 2.45) is 0 Å². The van der Waals surface area contributed by atoms with Gasteiger partial charge in [0.2, 0.25) is 0 Å². The summed E-state index contributed by atoms with van der Waals surface area (Å²) in [6, 6.07) is 10.1. The van der Waals surface area contributed by atoms with Crippen LogP contribution in [0.25, 0.3) is 0 Å². The van der Waals surface area contributed by atoms with E-state index in [0.29, 0.717) is 26.1 Å². The summed E-state index contributed by atoms with van der Waals surface area (Å²) in [6.07, 6.45) is 0.779. The molecule has 1 N–H and O–H groups in total. The lowest BCUT2D eigenvalue weighted by Crippen LogP contribution is -2.53. The Bertz CT molecular complexity index is 451. The van der Waals surface area contributed by atoms with Crippen molar-refractivity contribution in [2.45, 2.75) is 43.5 Å². The maximum absolute atomic E-state index is 9.22. The van der Waals surface area contributed by atoms with E-state index in [0.717, 1.165) is 5.56 Å². The largest absolute Gasteiger partial charge is 0.396 e. The minimum atomic E-state index is -0.805. The fraction of sp³-hybridized carbons (Fsp3) is 0.625. The van der Waals surface area contributed by atoms with Crippen LogP contribution in [-0.2, 0) is 25.6 Å². The summed E-state index contributed by atoms with van der Waals surface area (Å²) >= 11 is 0. The Morgan fingerprint density at radius 1 is 1.33 bits per heavy atom. The van der Waals surface area contributed by atoms with E-state index in [4.69, 9.17) is 18.9 Å². The monoisotopic (exact) mass is 294 g/mol. The molecule has 2 aliphatic rings. The van der Waals surface area contributed by atoms with Gasteiger partial charge in [0.05, 0.1) is 19.3 Å². The molecule has 2 bridgehead atoms. The van der Waals surface area contributed by atoms with Gasteiger partial charge >= 0.3 is 0 Å². The van der Waals surface area contributed by atoms with Crippen LogP contribution in [0.2, 0.25) is 0 Å². The lowest BCUT2D eigenvalue weighted by Gasteiger charge is -2.41. The van der Waals surface area contributed by atoms with Crippen LogP contribution in [0.15, 0.2) is 30.3 Å². The van der Waals surface area contributed by atoms with E-state index in [9.17, 15) is 5.11 Å². The van der Waals surface area contributed by atoms with E-state index in [2.05, 4.69) is 0 Å². The normalized spacial score (nSPS) is 35.0. The second kappa shape index (κ2) is 6.42. The molecule has 2 saturated heterocycles. The van der Waals surface area contributed by atoms with Crippen LogP contribution >= 0.6 is 0 Å². The third-order valence-electron chi connectivity index (χ3n) is 4.25. The molecule has 0 aromatic heterocycles. The molecule has 1 aromatic carbocycles. The molecule has 4 atom stereocenters. The number of rotatable bonds is 6. The fourth-order valence-corrected chi connectivity index (χ4v) is 3.12. The lowest BCUT2D eigenvalue weighted by molar-refractivity contribution is -0.279. The zero-order valence-electron chi connectivity index (χ0n) is 12.2. The van der Waals surface area contributed by atoms with Gasteiger partial charge in [0, 0.05) is 26.6 Å². The number of hydrogen-bond acceptors (Lipinski definition) is 5. The highest BCUT2D eigenvalue weighted by Gasteiger charge is 2.55. The van der Waals surface area contributed by atoms with Crippen molar-refractivity contribution < 1.29 is 24.1 Å². The molecule has 21 heavy (non-hydrogen) atoms. The molecular formula is C16H22O5. The standard InChI is InChI=1S/C16H22O5/c1-18-15-9-13(19-10-12-5-3-2-4-6-12)14-11-20-16(15,21-14)7-8-17/h2-6,13-15,17H,7-11H2,1H3/t13-,14+,15+,16+/m0/s1. The Hall–Kier alpha value is -0.980. The van der Waals surface area contributed by atoms with Crippen molar-refractivity contribution in [1.82, 2.24) is 0 Å². The SMILES string of the molecule is CO[C@@H]1C[C@H](OCc2ccccc2)[C@H]2CO[C@]1(CCO)O2. The van der Waals surface area contributed by atoms with Gasteiger partial charge < -0.3 is 24.1 Å². The van der Waals surface area contributed by atoms with E-state index in [1.165, 1.54) is 0 Å². The molecule has 2 fully saturated rings. The number of hydrogen-bond donors (Lipinski definition) is 1. The molecular weight excluding hydrogens is 272 g/mol. The summed E-state index contributed by atoms with van der Waals surface area (Å²) in [5.41, 5.74) is 1.14. The molecule has 0 saturated carbocycles. The molecule has 2 aliphatic heterocycles. The molecule has 116 valence electrons. The van der Waals surface area contributed by atoms with Crippen LogP contribution in [0.5, 0.6) is 0 Å². The molecule has 2 heterocycles. The maximum atomic E-state index is 9.22. The number of fused-ring (bicyclic) bond motifs is 2. The lowest BCUT2D eigenvalue weighted by atomic mass is 9.95. The highest BCUT2D eigenvalue weighted by molar-refractivity contribution is 5.13. The number of aliphatic hydroxyl groups excluding tert-OH is 1. The Labute approximate surface area is 124 Å². The average Bonchev–Trinajstić information content (AvgIpc) is 2.88. The van der Waals surface area contributed by atoms with Crippen LogP contribution in [0.1, 0.15) is 18.4 Å². The van der Waals surface area contributed by atoms with Gasteiger partial charge in [-0.1, -0.05) is 30.3 Å². The van der Waals surface area contributed by atoms with Gasteiger partial charge in [0.1, 0.15) is 12.2 Å². The van der Waals surface area contributed by atoms with E-state index < -0.39 is 5.79 Å². The van der Waals surface area contributed by atoms with Gasteiger partial charge in [-0.25, -0.2) is 0 Å². The minimum absolute atomic E-state index is 0.0160. The van der Waals surface area contributed by atoms with Gasteiger partial charge in [-0.15, -0.1) is 0 Å². The molecule has 0 spiro atoms. The van der Waals surface area contributed by atoms with Crippen molar-refractivity contribution in [3.05, 3.63) is 35.9 Å². The second-order valence-corrected chi connectivity index (χ2v) is 5.55. The first kappa shape index (κ1) is 14.9. The highest BCUT2D eigenvalue weighted by Crippen LogP contribution is 2.41. The predicted octanol–water partition coefficient (Wildman–Crippen LogP) is 1.48. The first-order valence-electron chi connectivity index (χ1n) is 7.38. The Kier molecular flexibility index (Phi) is 4.57. The molecule has 5 nitrogen and oxygen atoms in total. The first-order chi connectivity index (χ1) is 10.3. The minimum Gasteiger partial charge on any atom is -0.396 e. The van der Waals surface area contributed by atoms with Gasteiger partial charge in [0.15, 0.2) is 5.79 Å². The van der Waals surface area contributed by atoms with Crippen molar-refractivity contribution in [3.8, 4) is 0 Å². The Morgan fingerprint density at radius 2 is 2.14 bits per heavy atom. The molecule has 0 radical (unpaired) electrons. The number of benzene rings is 1. The van der Waals surface area contributed by atoms with Gasteiger partial charge in [-0.3, -0.25) is 0 Å². The van der Waals surface area contributed by atoms with Gasteiger partial charge in [0.25, 0.3) is 0 Å². The quantitative estimate of drug-likeness (QED) is 0.861. The molecule has 3 rings (SSSR count). The number of ether oxygens (including phenoxy) is 4. The summed E-state index contributed by atoms with van der Waals surface area (Å²) in [5, 5.41) is 9.22. The van der Waals surface area contributed by atoms with Gasteiger partial charge in [-0.05, 0) is 5.56 Å². The third-order valence-corrected chi connectivity index (χ3v) is 4.25. The number of methoxy groups -OCH3 is 1. The molecule has 0 unspecified atom stereocenters. The maximum Gasteiger partial charge on any atom is 0.197 e. The molecule has 0 aliphatic carbocycles. The highest BCUT2D eigenvalue weighted by atomic mass is 16.8. The van der Waals surface area contributed by atoms with Crippen molar-refractivity contribution in [1.29, 1.82) is 0 Å². The topological polar surface area (TPSA) is 57.2 Å². The molecule has 5 heteroatoms. The van der Waals surface area contributed by atoms with Crippen LogP contribution in [0.4, 0.5) is 0 Å². The van der Waals surface area contributed by atoms with Crippen LogP contribution in [0, 0.1) is 0 Å². The van der Waals surface area contributed by atoms with E-state index >= 15 is 0 Å². The van der Waals surface area contributed by atoms with Crippen LogP contribution < -0.4 is 0 Å². The summed E-state index contributed by atoms with van der Waals surface area (Å²) in [7, 11) is 1.64.